The van der Waals surface area contributed by atoms with Gasteiger partial charge in [-0.05, 0) is 34.6 Å². The van der Waals surface area contributed by atoms with Gasteiger partial charge < -0.3 is 10.1 Å². The van der Waals surface area contributed by atoms with Crippen molar-refractivity contribution in [2.45, 2.75) is 58.8 Å². The Morgan fingerprint density at radius 3 is 2.54 bits per heavy atom. The Morgan fingerprint density at radius 1 is 1.25 bits per heavy atom. The van der Waals surface area contributed by atoms with Crippen molar-refractivity contribution in [3.05, 3.63) is 40.9 Å². The van der Waals surface area contributed by atoms with Gasteiger partial charge in [0.1, 0.15) is 5.01 Å². The second-order valence-electron chi connectivity index (χ2n) is 8.44. The average Bonchev–Trinajstić information content (AvgIpc) is 3.08. The minimum Gasteiger partial charge on any atom is -0.373 e. The molecule has 0 bridgehead atoms. The van der Waals surface area contributed by atoms with E-state index in [1.807, 2.05) is 5.38 Å². The molecule has 152 valence electrons. The van der Waals surface area contributed by atoms with Crippen LogP contribution >= 0.6 is 11.3 Å². The van der Waals surface area contributed by atoms with Gasteiger partial charge in [0.25, 0.3) is 0 Å². The zero-order valence-corrected chi connectivity index (χ0v) is 18.3. The lowest BCUT2D eigenvalue weighted by molar-refractivity contribution is -0.122. The number of benzene rings is 1. The number of amides is 1. The first kappa shape index (κ1) is 21.0. The monoisotopic (exact) mass is 401 g/mol. The van der Waals surface area contributed by atoms with Crippen LogP contribution in [0.5, 0.6) is 0 Å². The lowest BCUT2D eigenvalue weighted by Gasteiger charge is -2.45. The number of morpholine rings is 1. The Morgan fingerprint density at radius 2 is 1.89 bits per heavy atom. The Kier molecular flexibility index (Phi) is 6.53. The maximum absolute atomic E-state index is 12.5. The third-order valence-corrected chi connectivity index (χ3v) is 6.13. The van der Waals surface area contributed by atoms with Crippen molar-refractivity contribution in [1.82, 2.24) is 15.2 Å². The molecule has 1 N–H and O–H groups in total. The number of carbonyl (C=O) groups excluding carboxylic acids is 1. The summed E-state index contributed by atoms with van der Waals surface area (Å²) >= 11 is 1.58. The largest absolute Gasteiger partial charge is 0.373 e. The SMILES string of the molecule is Cc1ccc(-c2nc(CC(=O)NCC(C)(C)N3CC(C)OC(C)C3)cs2)cc1. The highest BCUT2D eigenvalue weighted by atomic mass is 32.1. The van der Waals surface area contributed by atoms with Crippen molar-refractivity contribution in [2.24, 2.45) is 0 Å². The molecule has 1 saturated heterocycles. The molecule has 2 unspecified atom stereocenters. The number of nitrogens with zero attached hydrogens (tertiary/aromatic N) is 2. The summed E-state index contributed by atoms with van der Waals surface area (Å²) in [7, 11) is 0. The predicted molar refractivity (Wildman–Crippen MR) is 115 cm³/mol. The van der Waals surface area contributed by atoms with E-state index in [0.717, 1.165) is 29.4 Å². The first-order valence-corrected chi connectivity index (χ1v) is 10.8. The summed E-state index contributed by atoms with van der Waals surface area (Å²) in [6.45, 7) is 13.0. The summed E-state index contributed by atoms with van der Waals surface area (Å²) in [5.74, 6) is 0.0168. The van der Waals surface area contributed by atoms with Gasteiger partial charge in [-0.15, -0.1) is 11.3 Å². The maximum atomic E-state index is 12.5. The summed E-state index contributed by atoms with van der Waals surface area (Å²) in [4.78, 5) is 19.5. The summed E-state index contributed by atoms with van der Waals surface area (Å²) in [5.41, 5.74) is 3.03. The normalized spacial score (nSPS) is 20.9. The second kappa shape index (κ2) is 8.72. The summed E-state index contributed by atoms with van der Waals surface area (Å²) in [6, 6.07) is 8.31. The van der Waals surface area contributed by atoms with Crippen LogP contribution in [0.1, 0.15) is 39.0 Å². The molecule has 0 saturated carbocycles. The topological polar surface area (TPSA) is 54.5 Å². The first-order valence-electron chi connectivity index (χ1n) is 9.91. The van der Waals surface area contributed by atoms with Gasteiger partial charge in [0.15, 0.2) is 0 Å². The molecule has 1 amide bonds. The molecule has 3 rings (SSSR count). The number of carbonyl (C=O) groups is 1. The van der Waals surface area contributed by atoms with Gasteiger partial charge in [0.2, 0.25) is 5.91 Å². The van der Waals surface area contributed by atoms with Crippen molar-refractivity contribution in [3.63, 3.8) is 0 Å². The summed E-state index contributed by atoms with van der Waals surface area (Å²) in [6.07, 6.45) is 0.747. The molecule has 5 nitrogen and oxygen atoms in total. The average molecular weight is 402 g/mol. The second-order valence-corrected chi connectivity index (χ2v) is 9.30. The standard InChI is InChI=1S/C22H31N3O2S/c1-15-6-8-18(9-7-15)21-24-19(13-28-21)10-20(26)23-14-22(4,5)25-11-16(2)27-17(3)12-25/h6-9,13,16-17H,10-12,14H2,1-5H3,(H,23,26). The summed E-state index contributed by atoms with van der Waals surface area (Å²) in [5, 5.41) is 6.03. The van der Waals surface area contributed by atoms with E-state index < -0.39 is 0 Å². The van der Waals surface area contributed by atoms with Crippen LogP contribution in [0.2, 0.25) is 0 Å². The fourth-order valence-corrected chi connectivity index (χ4v) is 4.37. The Bertz CT molecular complexity index is 790. The molecule has 0 spiro atoms. The van der Waals surface area contributed by atoms with Gasteiger partial charge in [-0.3, -0.25) is 9.69 Å². The molecular formula is C22H31N3O2S. The van der Waals surface area contributed by atoms with Gasteiger partial charge in [-0.25, -0.2) is 4.98 Å². The fourth-order valence-electron chi connectivity index (χ4n) is 3.54. The van der Waals surface area contributed by atoms with E-state index in [0.29, 0.717) is 13.0 Å². The van der Waals surface area contributed by atoms with Gasteiger partial charge in [-0.2, -0.15) is 0 Å². The molecule has 0 aliphatic carbocycles. The van der Waals surface area contributed by atoms with Crippen molar-refractivity contribution >= 4 is 17.2 Å². The number of nitrogens with one attached hydrogen (secondary N) is 1. The smallest absolute Gasteiger partial charge is 0.226 e. The number of aromatic nitrogens is 1. The van der Waals surface area contributed by atoms with Crippen LogP contribution in [-0.4, -0.2) is 53.2 Å². The Labute approximate surface area is 172 Å². The van der Waals surface area contributed by atoms with E-state index in [1.54, 1.807) is 11.3 Å². The molecule has 2 aromatic rings. The molecule has 2 heterocycles. The molecule has 28 heavy (non-hydrogen) atoms. The van der Waals surface area contributed by atoms with E-state index in [9.17, 15) is 4.79 Å². The van der Waals surface area contributed by atoms with E-state index in [4.69, 9.17) is 4.74 Å². The van der Waals surface area contributed by atoms with Gasteiger partial charge in [-0.1, -0.05) is 29.8 Å². The molecule has 1 aromatic heterocycles. The minimum atomic E-state index is -0.114. The number of thiazole rings is 1. The highest BCUT2D eigenvalue weighted by Crippen LogP contribution is 2.24. The van der Waals surface area contributed by atoms with E-state index in [1.165, 1.54) is 5.56 Å². The first-order chi connectivity index (χ1) is 13.2. The number of aryl methyl sites for hydroxylation is 1. The molecule has 2 atom stereocenters. The maximum Gasteiger partial charge on any atom is 0.226 e. The zero-order valence-electron chi connectivity index (χ0n) is 17.5. The van der Waals surface area contributed by atoms with Crippen LogP contribution in [-0.2, 0) is 16.0 Å². The van der Waals surface area contributed by atoms with E-state index >= 15 is 0 Å². The van der Waals surface area contributed by atoms with E-state index in [-0.39, 0.29) is 23.7 Å². The van der Waals surface area contributed by atoms with Crippen LogP contribution < -0.4 is 5.32 Å². The molecule has 1 aliphatic heterocycles. The van der Waals surface area contributed by atoms with Crippen LogP contribution in [0.4, 0.5) is 0 Å². The molecular weight excluding hydrogens is 370 g/mol. The van der Waals surface area contributed by atoms with Crippen molar-refractivity contribution in [1.29, 1.82) is 0 Å². The van der Waals surface area contributed by atoms with Gasteiger partial charge in [0.05, 0.1) is 24.3 Å². The number of ether oxygens (including phenoxy) is 1. The lowest BCUT2D eigenvalue weighted by Crippen LogP contribution is -2.58. The molecule has 1 aliphatic rings. The number of hydrogen-bond acceptors (Lipinski definition) is 5. The summed E-state index contributed by atoms with van der Waals surface area (Å²) < 4.78 is 5.83. The predicted octanol–water partition coefficient (Wildman–Crippen LogP) is 3.67. The fraction of sp³-hybridized carbons (Fsp3) is 0.545. The third kappa shape index (κ3) is 5.40. The minimum absolute atomic E-state index is 0.0168. The highest BCUT2D eigenvalue weighted by molar-refractivity contribution is 7.13. The van der Waals surface area contributed by atoms with Crippen molar-refractivity contribution < 1.29 is 9.53 Å². The molecule has 1 aromatic carbocycles. The van der Waals surface area contributed by atoms with Crippen molar-refractivity contribution in [3.8, 4) is 10.6 Å². The Hall–Kier alpha value is -1.76. The molecule has 1 fully saturated rings. The lowest BCUT2D eigenvalue weighted by atomic mass is 10.00. The van der Waals surface area contributed by atoms with Crippen LogP contribution in [0.25, 0.3) is 10.6 Å². The Balaban J connectivity index is 1.53. The molecule has 6 heteroatoms. The van der Waals surface area contributed by atoms with Crippen LogP contribution in [0.15, 0.2) is 29.6 Å². The van der Waals surface area contributed by atoms with Gasteiger partial charge in [0, 0.05) is 36.1 Å². The quantitative estimate of drug-likeness (QED) is 0.803. The number of hydrogen-bond donors (Lipinski definition) is 1. The number of rotatable bonds is 6. The van der Waals surface area contributed by atoms with Crippen molar-refractivity contribution in [2.75, 3.05) is 19.6 Å². The molecule has 0 radical (unpaired) electrons. The van der Waals surface area contributed by atoms with Crippen LogP contribution in [0.3, 0.4) is 0 Å². The van der Waals surface area contributed by atoms with E-state index in [2.05, 4.69) is 74.1 Å². The highest BCUT2D eigenvalue weighted by Gasteiger charge is 2.33. The van der Waals surface area contributed by atoms with Crippen LogP contribution in [0, 0.1) is 6.92 Å². The third-order valence-electron chi connectivity index (χ3n) is 5.19. The van der Waals surface area contributed by atoms with Gasteiger partial charge >= 0.3 is 0 Å². The zero-order chi connectivity index (χ0) is 20.3.